The highest BCUT2D eigenvalue weighted by Crippen LogP contribution is 2.20. The van der Waals surface area contributed by atoms with E-state index >= 15 is 0 Å². The van der Waals surface area contributed by atoms with E-state index in [0.29, 0.717) is 24.5 Å². The molecule has 3 rings (SSSR count). The van der Waals surface area contributed by atoms with Crippen LogP contribution < -0.4 is 15.4 Å². The normalized spacial score (nSPS) is 16.9. The van der Waals surface area contributed by atoms with E-state index in [1.54, 1.807) is 36.0 Å². The van der Waals surface area contributed by atoms with Gasteiger partial charge in [-0.1, -0.05) is 6.07 Å². The molecule has 2 atom stereocenters. The van der Waals surface area contributed by atoms with Crippen LogP contribution in [0.25, 0.3) is 0 Å². The fourth-order valence-electron chi connectivity index (χ4n) is 3.00. The Morgan fingerprint density at radius 3 is 2.93 bits per heavy atom. The number of nitrogens with one attached hydrogen (secondary N) is 2. The maximum absolute atomic E-state index is 12.8. The minimum atomic E-state index is -0.670. The Morgan fingerprint density at radius 2 is 2.21 bits per heavy atom. The number of hydrogen-bond donors (Lipinski definition) is 2. The van der Waals surface area contributed by atoms with Crippen LogP contribution in [0.1, 0.15) is 29.8 Å². The third-order valence-electron chi connectivity index (χ3n) is 4.54. The minimum Gasteiger partial charge on any atom is -0.491 e. The van der Waals surface area contributed by atoms with E-state index < -0.39 is 11.9 Å². The lowest BCUT2D eigenvalue weighted by Gasteiger charge is -2.18. The van der Waals surface area contributed by atoms with Crippen LogP contribution in [0.3, 0.4) is 0 Å². The van der Waals surface area contributed by atoms with Crippen molar-refractivity contribution in [2.24, 2.45) is 0 Å². The van der Waals surface area contributed by atoms with Crippen molar-refractivity contribution in [3.05, 3.63) is 48.4 Å². The van der Waals surface area contributed by atoms with Gasteiger partial charge in [0.2, 0.25) is 5.91 Å². The Balaban J connectivity index is 1.58. The van der Waals surface area contributed by atoms with E-state index in [1.165, 1.54) is 6.26 Å². The molecular weight excluding hydrogens is 392 g/mol. The predicted molar refractivity (Wildman–Crippen MR) is 113 cm³/mol. The van der Waals surface area contributed by atoms with Crippen molar-refractivity contribution in [2.45, 2.75) is 31.4 Å². The average Bonchev–Trinajstić information content (AvgIpc) is 3.44. The molecule has 1 aliphatic rings. The molecule has 8 heteroatoms. The smallest absolute Gasteiger partial charge is 0.287 e. The average molecular weight is 419 g/mol. The van der Waals surface area contributed by atoms with E-state index in [1.807, 2.05) is 18.4 Å². The fourth-order valence-corrected chi connectivity index (χ4v) is 3.47. The Bertz CT molecular complexity index is 790. The van der Waals surface area contributed by atoms with Gasteiger partial charge in [0.1, 0.15) is 18.4 Å². The summed E-state index contributed by atoms with van der Waals surface area (Å²) in [6.07, 6.45) is 6.08. The van der Waals surface area contributed by atoms with E-state index in [-0.39, 0.29) is 17.8 Å². The molecular formula is C21H26N2O5S. The zero-order valence-electron chi connectivity index (χ0n) is 16.4. The van der Waals surface area contributed by atoms with Crippen LogP contribution in [0.5, 0.6) is 5.75 Å². The van der Waals surface area contributed by atoms with Gasteiger partial charge in [0.05, 0.1) is 12.4 Å². The Morgan fingerprint density at radius 1 is 1.31 bits per heavy atom. The highest BCUT2D eigenvalue weighted by Gasteiger charge is 2.22. The van der Waals surface area contributed by atoms with Crippen molar-refractivity contribution in [3.8, 4) is 5.75 Å². The van der Waals surface area contributed by atoms with E-state index in [4.69, 9.17) is 13.9 Å². The maximum Gasteiger partial charge on any atom is 0.287 e. The number of hydrogen-bond acceptors (Lipinski definition) is 6. The molecule has 29 heavy (non-hydrogen) atoms. The van der Waals surface area contributed by atoms with Crippen molar-refractivity contribution in [1.82, 2.24) is 5.32 Å². The number of anilines is 1. The molecule has 0 aliphatic carbocycles. The molecule has 1 aromatic carbocycles. The van der Waals surface area contributed by atoms with Crippen molar-refractivity contribution in [2.75, 3.05) is 30.5 Å². The third-order valence-corrected chi connectivity index (χ3v) is 5.18. The van der Waals surface area contributed by atoms with Gasteiger partial charge >= 0.3 is 0 Å². The van der Waals surface area contributed by atoms with Gasteiger partial charge in [0, 0.05) is 18.4 Å². The summed E-state index contributed by atoms with van der Waals surface area (Å²) in [4.78, 5) is 25.1. The molecule has 156 valence electrons. The first-order valence-electron chi connectivity index (χ1n) is 9.64. The second kappa shape index (κ2) is 10.9. The molecule has 1 aromatic heterocycles. The molecule has 2 heterocycles. The van der Waals surface area contributed by atoms with Crippen LogP contribution in [0.2, 0.25) is 0 Å². The molecule has 1 fully saturated rings. The number of furan rings is 1. The summed E-state index contributed by atoms with van der Waals surface area (Å²) >= 11 is 1.61. The van der Waals surface area contributed by atoms with Gasteiger partial charge in [-0.05, 0) is 55.5 Å². The first-order chi connectivity index (χ1) is 14.2. The highest BCUT2D eigenvalue weighted by molar-refractivity contribution is 7.98. The molecule has 2 aromatic rings. The highest BCUT2D eigenvalue weighted by atomic mass is 32.2. The lowest BCUT2D eigenvalue weighted by molar-refractivity contribution is -0.118. The topological polar surface area (TPSA) is 89.8 Å². The number of rotatable bonds is 10. The van der Waals surface area contributed by atoms with Gasteiger partial charge in [0.25, 0.3) is 5.91 Å². The number of ether oxygens (including phenoxy) is 2. The van der Waals surface area contributed by atoms with Crippen LogP contribution in [0.15, 0.2) is 47.1 Å². The van der Waals surface area contributed by atoms with Crippen molar-refractivity contribution < 1.29 is 23.5 Å². The molecule has 0 unspecified atom stereocenters. The molecule has 1 aliphatic heterocycles. The molecule has 7 nitrogen and oxygen atoms in total. The summed E-state index contributed by atoms with van der Waals surface area (Å²) in [5.74, 6) is 0.885. The molecule has 0 spiro atoms. The Labute approximate surface area is 174 Å². The van der Waals surface area contributed by atoms with Gasteiger partial charge in [-0.25, -0.2) is 0 Å². The first-order valence-corrected chi connectivity index (χ1v) is 11.0. The van der Waals surface area contributed by atoms with E-state index in [2.05, 4.69) is 10.6 Å². The van der Waals surface area contributed by atoms with Crippen LogP contribution in [-0.2, 0) is 9.53 Å². The summed E-state index contributed by atoms with van der Waals surface area (Å²) in [6, 6.07) is 9.75. The largest absolute Gasteiger partial charge is 0.491 e. The number of carbonyl (C=O) groups is 2. The summed E-state index contributed by atoms with van der Waals surface area (Å²) in [5.41, 5.74) is 0.612. The molecule has 1 saturated heterocycles. The molecule has 0 bridgehead atoms. The number of benzene rings is 1. The van der Waals surface area contributed by atoms with Gasteiger partial charge in [-0.15, -0.1) is 0 Å². The third kappa shape index (κ3) is 6.54. The van der Waals surface area contributed by atoms with E-state index in [0.717, 1.165) is 25.2 Å². The second-order valence-electron chi connectivity index (χ2n) is 6.75. The van der Waals surface area contributed by atoms with Crippen LogP contribution >= 0.6 is 11.8 Å². The SMILES string of the molecule is CSCC[C@H](NC(=O)c1ccco1)C(=O)Nc1cccc(OC[C@H]2CCCO2)c1. The summed E-state index contributed by atoms with van der Waals surface area (Å²) in [6.45, 7) is 1.28. The molecule has 2 N–H and O–H groups in total. The molecule has 0 radical (unpaired) electrons. The Kier molecular flexibility index (Phi) is 8.01. The second-order valence-corrected chi connectivity index (χ2v) is 7.73. The standard InChI is InChI=1S/C21H26N2O5S/c1-29-12-9-18(23-21(25)19-8-4-11-27-19)20(24)22-15-5-2-6-16(13-15)28-14-17-7-3-10-26-17/h2,4-6,8,11,13,17-18H,3,7,9-10,12,14H2,1H3,(H,22,24)(H,23,25)/t17-,18+/m1/s1. The molecule has 0 saturated carbocycles. The summed E-state index contributed by atoms with van der Waals surface area (Å²) in [7, 11) is 0. The van der Waals surface area contributed by atoms with Crippen molar-refractivity contribution >= 4 is 29.3 Å². The number of thioether (sulfide) groups is 1. The number of amides is 2. The van der Waals surface area contributed by atoms with Crippen LogP contribution in [0.4, 0.5) is 5.69 Å². The zero-order chi connectivity index (χ0) is 20.5. The zero-order valence-corrected chi connectivity index (χ0v) is 17.2. The van der Waals surface area contributed by atoms with Gasteiger partial charge < -0.3 is 24.5 Å². The fraction of sp³-hybridized carbons (Fsp3) is 0.429. The van der Waals surface area contributed by atoms with E-state index in [9.17, 15) is 9.59 Å². The van der Waals surface area contributed by atoms with Crippen LogP contribution in [0, 0.1) is 0 Å². The summed E-state index contributed by atoms with van der Waals surface area (Å²) < 4.78 is 16.5. The number of carbonyl (C=O) groups excluding carboxylic acids is 2. The molecule has 2 amide bonds. The van der Waals surface area contributed by atoms with Crippen molar-refractivity contribution in [1.29, 1.82) is 0 Å². The van der Waals surface area contributed by atoms with Gasteiger partial charge in [0.15, 0.2) is 5.76 Å². The summed E-state index contributed by atoms with van der Waals surface area (Å²) in [5, 5.41) is 5.61. The van der Waals surface area contributed by atoms with Gasteiger partial charge in [-0.2, -0.15) is 11.8 Å². The lowest BCUT2D eigenvalue weighted by atomic mass is 10.2. The Hall–Kier alpha value is -2.45. The van der Waals surface area contributed by atoms with Crippen molar-refractivity contribution in [3.63, 3.8) is 0 Å². The lowest BCUT2D eigenvalue weighted by Crippen LogP contribution is -2.44. The minimum absolute atomic E-state index is 0.126. The maximum atomic E-state index is 12.8. The quantitative estimate of drug-likeness (QED) is 0.615. The first kappa shape index (κ1) is 21.3. The van der Waals surface area contributed by atoms with Gasteiger partial charge in [-0.3, -0.25) is 9.59 Å². The van der Waals surface area contributed by atoms with Crippen LogP contribution in [-0.4, -0.2) is 49.2 Å². The monoisotopic (exact) mass is 418 g/mol. The predicted octanol–water partition coefficient (Wildman–Crippen LogP) is 3.33.